The Kier molecular flexibility index (Phi) is 7.70. The third kappa shape index (κ3) is 4.71. The lowest BCUT2D eigenvalue weighted by atomic mass is 9.70. The highest BCUT2D eigenvalue weighted by atomic mass is 19.4. The number of aromatic amines is 1. The van der Waals surface area contributed by atoms with Crippen LogP contribution >= 0.6 is 0 Å². The van der Waals surface area contributed by atoms with Gasteiger partial charge < -0.3 is 24.9 Å². The van der Waals surface area contributed by atoms with Crippen LogP contribution < -0.4 is 10.9 Å². The van der Waals surface area contributed by atoms with E-state index in [4.69, 9.17) is 9.47 Å². The Labute approximate surface area is 227 Å². The van der Waals surface area contributed by atoms with Gasteiger partial charge in [0.25, 0.3) is 5.56 Å². The number of hydrogen-bond acceptors (Lipinski definition) is 8. The first-order chi connectivity index (χ1) is 18.8. The fraction of sp³-hybridized carbons (Fsp3) is 0.481. The molecule has 2 atom stereocenters. The molecule has 3 N–H and O–H groups in total. The number of rotatable bonds is 8. The first-order valence-corrected chi connectivity index (χ1v) is 12.7. The number of anilines is 2. The summed E-state index contributed by atoms with van der Waals surface area (Å²) >= 11 is 0. The van der Waals surface area contributed by atoms with E-state index < -0.39 is 39.8 Å². The van der Waals surface area contributed by atoms with Gasteiger partial charge in [-0.3, -0.25) is 14.3 Å². The number of hydrogen-bond donors (Lipinski definition) is 3. The lowest BCUT2D eigenvalue weighted by Crippen LogP contribution is -2.57. The molecule has 0 spiro atoms. The number of carbonyl (C=O) groups excluding carboxylic acids is 1. The van der Waals surface area contributed by atoms with E-state index in [2.05, 4.69) is 21.5 Å². The van der Waals surface area contributed by atoms with Crippen LogP contribution in [-0.4, -0.2) is 51.8 Å². The average molecular weight is 562 g/mol. The predicted octanol–water partition coefficient (Wildman–Crippen LogP) is 4.23. The van der Waals surface area contributed by atoms with Crippen LogP contribution in [-0.2, 0) is 25.4 Å². The maximum Gasteiger partial charge on any atom is 0.422 e. The topological polar surface area (TPSA) is 142 Å². The molecule has 1 aliphatic rings. The summed E-state index contributed by atoms with van der Waals surface area (Å²) in [5.74, 6) is -1.07. The minimum Gasteiger partial charge on any atom is -0.465 e. The van der Waals surface area contributed by atoms with Gasteiger partial charge in [0.2, 0.25) is 5.60 Å². The van der Waals surface area contributed by atoms with Gasteiger partial charge in [-0.15, -0.1) is 0 Å². The SMILES string of the molecule is CCOC(=O)C(C)(C)C(O)(c1ccc(Nc2nn(C3(CC#N)CCCOC3)c3cc[nH]c(=O)c23)cc1)C(F)(F)F. The van der Waals surface area contributed by atoms with E-state index in [9.17, 15) is 33.1 Å². The Bertz CT molecular complexity index is 1480. The van der Waals surface area contributed by atoms with Gasteiger partial charge in [0.05, 0.1) is 36.8 Å². The first-order valence-electron chi connectivity index (χ1n) is 12.7. The molecule has 2 unspecified atom stereocenters. The molecule has 2 aromatic heterocycles. The van der Waals surface area contributed by atoms with Crippen molar-refractivity contribution < 1.29 is 32.5 Å². The molecule has 0 saturated carbocycles. The second-order valence-electron chi connectivity index (χ2n) is 10.3. The molecular weight excluding hydrogens is 531 g/mol. The molecule has 0 amide bonds. The van der Waals surface area contributed by atoms with Crippen molar-refractivity contribution in [2.75, 3.05) is 25.1 Å². The van der Waals surface area contributed by atoms with Gasteiger partial charge in [0.1, 0.15) is 10.8 Å². The van der Waals surface area contributed by atoms with Gasteiger partial charge in [-0.05, 0) is 57.4 Å². The Morgan fingerprint density at radius 2 is 2.00 bits per heavy atom. The molecular formula is C27H30F3N5O5. The standard InChI is InChI=1S/C27H30F3N5O5/c1-4-40-23(37)24(2,3)26(38,27(28,29)30)17-6-8-18(9-7-17)33-21-20-19(10-14-32-22(20)36)35(34-21)25(12-13-31)11-5-15-39-16-25/h6-10,14,38H,4-5,11-12,15-16H2,1-3H3,(H,32,36)(H,33,34). The van der Waals surface area contributed by atoms with E-state index in [1.165, 1.54) is 25.3 Å². The van der Waals surface area contributed by atoms with Crippen molar-refractivity contribution in [1.82, 2.24) is 14.8 Å². The molecule has 0 radical (unpaired) electrons. The Hall–Kier alpha value is -3.89. The Balaban J connectivity index is 1.76. The van der Waals surface area contributed by atoms with E-state index in [0.717, 1.165) is 26.0 Å². The fourth-order valence-corrected chi connectivity index (χ4v) is 5.16. The number of pyridine rings is 1. The van der Waals surface area contributed by atoms with Crippen LogP contribution in [0.5, 0.6) is 0 Å². The van der Waals surface area contributed by atoms with E-state index in [-0.39, 0.29) is 36.5 Å². The van der Waals surface area contributed by atoms with Gasteiger partial charge in [-0.2, -0.15) is 23.5 Å². The number of nitrogens with one attached hydrogen (secondary N) is 2. The van der Waals surface area contributed by atoms with Gasteiger partial charge in [0, 0.05) is 18.5 Å². The molecule has 0 aliphatic carbocycles. The first kappa shape index (κ1) is 29.1. The second-order valence-corrected chi connectivity index (χ2v) is 10.3. The molecule has 214 valence electrons. The number of alkyl halides is 3. The van der Waals surface area contributed by atoms with Crippen molar-refractivity contribution in [3.63, 3.8) is 0 Å². The molecule has 1 fully saturated rings. The average Bonchev–Trinajstić information content (AvgIpc) is 3.29. The molecule has 10 nitrogen and oxygen atoms in total. The van der Waals surface area contributed by atoms with Gasteiger partial charge in [-0.25, -0.2) is 0 Å². The molecule has 1 aromatic carbocycles. The zero-order valence-electron chi connectivity index (χ0n) is 22.3. The van der Waals surface area contributed by atoms with E-state index in [0.29, 0.717) is 25.0 Å². The maximum atomic E-state index is 14.3. The molecule has 1 aliphatic heterocycles. The van der Waals surface area contributed by atoms with Crippen LogP contribution in [0.3, 0.4) is 0 Å². The number of fused-ring (bicyclic) bond motifs is 1. The largest absolute Gasteiger partial charge is 0.465 e. The van der Waals surface area contributed by atoms with Gasteiger partial charge >= 0.3 is 12.1 Å². The number of aliphatic hydroxyl groups is 1. The summed E-state index contributed by atoms with van der Waals surface area (Å²) in [4.78, 5) is 27.9. The number of H-pyrrole nitrogens is 1. The lowest BCUT2D eigenvalue weighted by molar-refractivity contribution is -0.303. The van der Waals surface area contributed by atoms with Crippen LogP contribution in [0.25, 0.3) is 10.9 Å². The zero-order valence-corrected chi connectivity index (χ0v) is 22.3. The number of nitrogens with zero attached hydrogens (tertiary/aromatic N) is 3. The number of aromatic nitrogens is 3. The van der Waals surface area contributed by atoms with Crippen molar-refractivity contribution in [2.45, 2.75) is 57.3 Å². The summed E-state index contributed by atoms with van der Waals surface area (Å²) in [6, 6.07) is 8.50. The molecule has 1 saturated heterocycles. The monoisotopic (exact) mass is 561 g/mol. The highest BCUT2D eigenvalue weighted by Crippen LogP contribution is 2.51. The molecule has 40 heavy (non-hydrogen) atoms. The van der Waals surface area contributed by atoms with Crippen molar-refractivity contribution in [3.05, 3.63) is 52.4 Å². The lowest BCUT2D eigenvalue weighted by Gasteiger charge is -2.42. The van der Waals surface area contributed by atoms with E-state index in [1.54, 1.807) is 10.7 Å². The highest BCUT2D eigenvalue weighted by molar-refractivity contribution is 5.91. The summed E-state index contributed by atoms with van der Waals surface area (Å²) in [7, 11) is 0. The molecule has 13 heteroatoms. The van der Waals surface area contributed by atoms with Gasteiger partial charge in [-0.1, -0.05) is 12.1 Å². The second kappa shape index (κ2) is 10.6. The maximum absolute atomic E-state index is 14.3. The molecule has 0 bridgehead atoms. The number of carbonyl (C=O) groups is 1. The molecule has 3 aromatic rings. The van der Waals surface area contributed by atoms with Crippen molar-refractivity contribution in [2.24, 2.45) is 5.41 Å². The van der Waals surface area contributed by atoms with Crippen LogP contribution in [0.2, 0.25) is 0 Å². The summed E-state index contributed by atoms with van der Waals surface area (Å²) < 4.78 is 54.9. The minimum atomic E-state index is -5.21. The zero-order chi connectivity index (χ0) is 29.3. The third-order valence-electron chi connectivity index (χ3n) is 7.43. The predicted molar refractivity (Wildman–Crippen MR) is 139 cm³/mol. The summed E-state index contributed by atoms with van der Waals surface area (Å²) in [5.41, 5.74) is -7.00. The van der Waals surface area contributed by atoms with Crippen LogP contribution in [0.15, 0.2) is 41.3 Å². The molecule has 4 rings (SSSR count). The minimum absolute atomic E-state index is 0.0942. The van der Waals surface area contributed by atoms with Crippen molar-refractivity contribution in [1.29, 1.82) is 5.26 Å². The van der Waals surface area contributed by atoms with E-state index >= 15 is 0 Å². The summed E-state index contributed by atoms with van der Waals surface area (Å²) in [6.07, 6.45) is -2.35. The van der Waals surface area contributed by atoms with Crippen LogP contribution in [0.1, 0.15) is 45.6 Å². The van der Waals surface area contributed by atoms with Gasteiger partial charge in [0.15, 0.2) is 5.82 Å². The number of nitriles is 1. The Morgan fingerprint density at radius 3 is 2.58 bits per heavy atom. The smallest absolute Gasteiger partial charge is 0.422 e. The number of ether oxygens (including phenoxy) is 2. The number of esters is 1. The fourth-order valence-electron chi connectivity index (χ4n) is 5.16. The highest BCUT2D eigenvalue weighted by Gasteiger charge is 2.67. The molecule has 3 heterocycles. The van der Waals surface area contributed by atoms with Crippen molar-refractivity contribution >= 4 is 28.4 Å². The number of halogens is 3. The Morgan fingerprint density at radius 1 is 1.30 bits per heavy atom. The number of benzene rings is 1. The summed E-state index contributed by atoms with van der Waals surface area (Å²) in [6.45, 7) is 4.02. The van der Waals surface area contributed by atoms with Crippen LogP contribution in [0, 0.1) is 16.7 Å². The normalized spacial score (nSPS) is 19.6. The quantitative estimate of drug-likeness (QED) is 0.347. The van der Waals surface area contributed by atoms with Crippen LogP contribution in [0.4, 0.5) is 24.7 Å². The van der Waals surface area contributed by atoms with E-state index in [1.807, 2.05) is 0 Å². The van der Waals surface area contributed by atoms with Crippen molar-refractivity contribution in [3.8, 4) is 6.07 Å². The summed E-state index contributed by atoms with van der Waals surface area (Å²) in [5, 5.41) is 28.3. The third-order valence-corrected chi connectivity index (χ3v) is 7.43.